The molecule has 2 fully saturated rings. The van der Waals surface area contributed by atoms with Crippen LogP contribution in [0.3, 0.4) is 0 Å². The molecule has 0 aromatic carbocycles. The SMILES string of the molecule is COC(CN)CC(=O)NCC1(N2CCOC(C)(C)C2)CCCCC1. The van der Waals surface area contributed by atoms with Gasteiger partial charge in [-0.05, 0) is 26.7 Å². The van der Waals surface area contributed by atoms with Crippen LogP contribution in [0, 0.1) is 0 Å². The van der Waals surface area contributed by atoms with Gasteiger partial charge in [0.25, 0.3) is 0 Å². The summed E-state index contributed by atoms with van der Waals surface area (Å²) in [4.78, 5) is 14.8. The average Bonchev–Trinajstić information content (AvgIpc) is 2.58. The van der Waals surface area contributed by atoms with Crippen LogP contribution < -0.4 is 11.1 Å². The van der Waals surface area contributed by atoms with Crippen molar-refractivity contribution in [1.82, 2.24) is 10.2 Å². The van der Waals surface area contributed by atoms with E-state index < -0.39 is 0 Å². The smallest absolute Gasteiger partial charge is 0.222 e. The molecule has 1 heterocycles. The van der Waals surface area contributed by atoms with Gasteiger partial charge < -0.3 is 20.5 Å². The summed E-state index contributed by atoms with van der Waals surface area (Å²) in [5.41, 5.74) is 5.57. The van der Waals surface area contributed by atoms with Crippen molar-refractivity contribution < 1.29 is 14.3 Å². The number of carbonyl (C=O) groups is 1. The van der Waals surface area contributed by atoms with Gasteiger partial charge in [-0.25, -0.2) is 0 Å². The summed E-state index contributed by atoms with van der Waals surface area (Å²) in [5.74, 6) is 0.0322. The first-order valence-electron chi connectivity index (χ1n) is 9.29. The van der Waals surface area contributed by atoms with Gasteiger partial charge in [0, 0.05) is 38.8 Å². The lowest BCUT2D eigenvalue weighted by molar-refractivity contribution is -0.130. The molecule has 0 bridgehead atoms. The summed E-state index contributed by atoms with van der Waals surface area (Å²) >= 11 is 0. The minimum atomic E-state index is -0.199. The van der Waals surface area contributed by atoms with Crippen molar-refractivity contribution in [2.45, 2.75) is 69.6 Å². The number of morpholine rings is 1. The standard InChI is InChI=1S/C18H35N3O3/c1-17(2)14-21(9-10-24-17)18(7-5-4-6-8-18)13-20-16(22)11-15(12-19)23-3/h15H,4-14,19H2,1-3H3,(H,20,22). The quantitative estimate of drug-likeness (QED) is 0.729. The third-order valence-corrected chi connectivity index (χ3v) is 5.50. The topological polar surface area (TPSA) is 76.8 Å². The van der Waals surface area contributed by atoms with Crippen molar-refractivity contribution >= 4 is 5.91 Å². The van der Waals surface area contributed by atoms with Crippen molar-refractivity contribution in [2.75, 3.05) is 39.9 Å². The Morgan fingerprint density at radius 3 is 2.62 bits per heavy atom. The van der Waals surface area contributed by atoms with E-state index in [1.54, 1.807) is 7.11 Å². The Kier molecular flexibility index (Phi) is 7.04. The molecule has 1 saturated heterocycles. The van der Waals surface area contributed by atoms with Crippen LogP contribution in [0.2, 0.25) is 0 Å². The summed E-state index contributed by atoms with van der Waals surface area (Å²) in [6.07, 6.45) is 6.19. The number of carbonyl (C=O) groups excluding carboxylic acids is 1. The van der Waals surface area contributed by atoms with Crippen molar-refractivity contribution in [2.24, 2.45) is 5.73 Å². The van der Waals surface area contributed by atoms with Crippen LogP contribution in [0.4, 0.5) is 0 Å². The van der Waals surface area contributed by atoms with Crippen molar-refractivity contribution in [3.63, 3.8) is 0 Å². The minimum absolute atomic E-state index is 0.0322. The second-order valence-corrected chi connectivity index (χ2v) is 7.89. The first-order valence-corrected chi connectivity index (χ1v) is 9.29. The molecular formula is C18H35N3O3. The highest BCUT2D eigenvalue weighted by atomic mass is 16.5. The summed E-state index contributed by atoms with van der Waals surface area (Å²) < 4.78 is 11.1. The van der Waals surface area contributed by atoms with Crippen LogP contribution in [0.1, 0.15) is 52.4 Å². The number of amides is 1. The Labute approximate surface area is 146 Å². The van der Waals surface area contributed by atoms with E-state index in [1.807, 2.05) is 0 Å². The van der Waals surface area contributed by atoms with Crippen LogP contribution in [0.15, 0.2) is 0 Å². The van der Waals surface area contributed by atoms with Crippen LogP contribution in [-0.4, -0.2) is 67.9 Å². The van der Waals surface area contributed by atoms with Crippen LogP contribution in [0.25, 0.3) is 0 Å². The summed E-state index contributed by atoms with van der Waals surface area (Å²) in [6.45, 7) is 8.02. The predicted octanol–water partition coefficient (Wildman–Crippen LogP) is 1.28. The van der Waals surface area contributed by atoms with E-state index in [0.29, 0.717) is 19.5 Å². The number of nitrogens with zero attached hydrogens (tertiary/aromatic N) is 1. The molecule has 6 nitrogen and oxygen atoms in total. The Balaban J connectivity index is 1.98. The van der Waals surface area contributed by atoms with Crippen LogP contribution in [0.5, 0.6) is 0 Å². The van der Waals surface area contributed by atoms with E-state index >= 15 is 0 Å². The number of hydrogen-bond donors (Lipinski definition) is 2. The van der Waals surface area contributed by atoms with Gasteiger partial charge in [-0.1, -0.05) is 19.3 Å². The molecule has 1 saturated carbocycles. The fraction of sp³-hybridized carbons (Fsp3) is 0.944. The second-order valence-electron chi connectivity index (χ2n) is 7.89. The minimum Gasteiger partial charge on any atom is -0.380 e. The number of nitrogens with two attached hydrogens (primary N) is 1. The maximum Gasteiger partial charge on any atom is 0.222 e. The van der Waals surface area contributed by atoms with Gasteiger partial charge in [0.2, 0.25) is 5.91 Å². The Morgan fingerprint density at radius 1 is 1.33 bits per heavy atom. The van der Waals surface area contributed by atoms with E-state index in [0.717, 1.165) is 32.5 Å². The molecule has 24 heavy (non-hydrogen) atoms. The molecule has 2 aliphatic rings. The monoisotopic (exact) mass is 341 g/mol. The molecule has 1 unspecified atom stereocenters. The van der Waals surface area contributed by atoms with Crippen molar-refractivity contribution in [3.8, 4) is 0 Å². The molecule has 0 aromatic rings. The van der Waals surface area contributed by atoms with Gasteiger partial charge in [-0.15, -0.1) is 0 Å². The highest BCUT2D eigenvalue weighted by molar-refractivity contribution is 5.76. The normalized spacial score (nSPS) is 25.2. The molecule has 3 N–H and O–H groups in total. The Morgan fingerprint density at radius 2 is 2.04 bits per heavy atom. The van der Waals surface area contributed by atoms with Crippen LogP contribution >= 0.6 is 0 Å². The number of rotatable bonds is 7. The van der Waals surface area contributed by atoms with Gasteiger partial charge in [0.1, 0.15) is 0 Å². The third-order valence-electron chi connectivity index (χ3n) is 5.50. The zero-order valence-electron chi connectivity index (χ0n) is 15.6. The molecule has 0 radical (unpaired) electrons. The molecule has 0 spiro atoms. The molecule has 1 aliphatic carbocycles. The van der Waals surface area contributed by atoms with Crippen molar-refractivity contribution in [3.05, 3.63) is 0 Å². The van der Waals surface area contributed by atoms with Gasteiger partial charge in [0.05, 0.1) is 24.7 Å². The number of ether oxygens (including phenoxy) is 2. The molecule has 1 aliphatic heterocycles. The molecule has 1 atom stereocenters. The van der Waals surface area contributed by atoms with Gasteiger partial charge in [-0.3, -0.25) is 9.69 Å². The number of hydrogen-bond acceptors (Lipinski definition) is 5. The van der Waals surface area contributed by atoms with Gasteiger partial charge >= 0.3 is 0 Å². The maximum atomic E-state index is 12.3. The largest absolute Gasteiger partial charge is 0.380 e. The summed E-state index contributed by atoms with van der Waals surface area (Å²) in [7, 11) is 1.60. The lowest BCUT2D eigenvalue weighted by Gasteiger charge is -2.51. The van der Waals surface area contributed by atoms with E-state index in [-0.39, 0.29) is 23.2 Å². The molecule has 1 amide bonds. The molecule has 6 heteroatoms. The number of methoxy groups -OCH3 is 1. The molecule has 2 rings (SSSR count). The van der Waals surface area contributed by atoms with Crippen LogP contribution in [-0.2, 0) is 14.3 Å². The van der Waals surface area contributed by atoms with Gasteiger partial charge in [-0.2, -0.15) is 0 Å². The molecule has 0 aromatic heterocycles. The second kappa shape index (κ2) is 8.61. The highest BCUT2D eigenvalue weighted by Gasteiger charge is 2.42. The number of nitrogens with one attached hydrogen (secondary N) is 1. The molecular weight excluding hydrogens is 306 g/mol. The lowest BCUT2D eigenvalue weighted by atomic mass is 9.79. The first kappa shape index (κ1) is 19.6. The molecule has 140 valence electrons. The van der Waals surface area contributed by atoms with E-state index in [1.165, 1.54) is 19.3 Å². The van der Waals surface area contributed by atoms with Gasteiger partial charge in [0.15, 0.2) is 0 Å². The maximum absolute atomic E-state index is 12.3. The van der Waals surface area contributed by atoms with Crippen molar-refractivity contribution in [1.29, 1.82) is 0 Å². The lowest BCUT2D eigenvalue weighted by Crippen LogP contribution is -2.63. The fourth-order valence-corrected chi connectivity index (χ4v) is 4.04. The van der Waals surface area contributed by atoms with E-state index in [9.17, 15) is 4.79 Å². The predicted molar refractivity (Wildman–Crippen MR) is 94.9 cm³/mol. The Bertz CT molecular complexity index is 404. The zero-order chi connectivity index (χ0) is 17.6. The average molecular weight is 341 g/mol. The zero-order valence-corrected chi connectivity index (χ0v) is 15.6. The Hall–Kier alpha value is -0.690. The van der Waals surface area contributed by atoms with E-state index in [4.69, 9.17) is 15.2 Å². The highest BCUT2D eigenvalue weighted by Crippen LogP contribution is 2.36. The van der Waals surface area contributed by atoms with E-state index in [2.05, 4.69) is 24.1 Å². The summed E-state index contributed by atoms with van der Waals surface area (Å²) in [6, 6.07) is 0. The first-order chi connectivity index (χ1) is 11.4. The third kappa shape index (κ3) is 5.15. The fourth-order valence-electron chi connectivity index (χ4n) is 4.04. The summed E-state index contributed by atoms with van der Waals surface area (Å²) in [5, 5.41) is 3.16.